The molecular weight excluding hydrogens is 234 g/mol. The summed E-state index contributed by atoms with van der Waals surface area (Å²) in [5.74, 6) is -1.01. The molecule has 0 heterocycles. The summed E-state index contributed by atoms with van der Waals surface area (Å²) in [5.41, 5.74) is 0.0804. The van der Waals surface area contributed by atoms with Crippen molar-refractivity contribution in [2.24, 2.45) is 0 Å². The number of methoxy groups -OCH3 is 1. The van der Waals surface area contributed by atoms with Gasteiger partial charge in [0.15, 0.2) is 0 Å². The van der Waals surface area contributed by atoms with Crippen LogP contribution in [0.2, 0.25) is 0 Å². The van der Waals surface area contributed by atoms with E-state index >= 15 is 0 Å². The van der Waals surface area contributed by atoms with Crippen LogP contribution in [0.15, 0.2) is 18.2 Å². The maximum absolute atomic E-state index is 10.9. The first-order chi connectivity index (χ1) is 7.33. The summed E-state index contributed by atoms with van der Waals surface area (Å²) < 4.78 is 28.9. The normalized spacial score (nSPS) is 10.9. The van der Waals surface area contributed by atoms with Gasteiger partial charge in [-0.2, -0.15) is 0 Å². The van der Waals surface area contributed by atoms with Gasteiger partial charge in [-0.3, -0.25) is 4.72 Å². The molecule has 0 unspecified atom stereocenters. The molecule has 6 nitrogen and oxygen atoms in total. The minimum Gasteiger partial charge on any atom is -0.496 e. The lowest BCUT2D eigenvalue weighted by Crippen LogP contribution is -2.10. The van der Waals surface area contributed by atoms with Gasteiger partial charge in [0.2, 0.25) is 10.0 Å². The van der Waals surface area contributed by atoms with Gasteiger partial charge in [-0.25, -0.2) is 13.2 Å². The third kappa shape index (κ3) is 3.13. The molecule has 16 heavy (non-hydrogen) atoms. The summed E-state index contributed by atoms with van der Waals surface area (Å²) in [6.07, 6.45) is 0.984. The predicted octanol–water partition coefficient (Wildman–Crippen LogP) is 0.765. The highest BCUT2D eigenvalue weighted by Gasteiger charge is 2.12. The van der Waals surface area contributed by atoms with E-state index in [1.807, 2.05) is 0 Å². The molecule has 88 valence electrons. The summed E-state index contributed by atoms with van der Waals surface area (Å²) in [6, 6.07) is 4.01. The molecule has 0 spiro atoms. The summed E-state index contributed by atoms with van der Waals surface area (Å²) >= 11 is 0. The SMILES string of the molecule is COc1ccc(NS(C)(=O)=O)cc1C(=O)O. The highest BCUT2D eigenvalue weighted by atomic mass is 32.2. The minimum absolute atomic E-state index is 0.101. The van der Waals surface area contributed by atoms with Crippen molar-refractivity contribution in [3.05, 3.63) is 23.8 Å². The van der Waals surface area contributed by atoms with E-state index in [1.165, 1.54) is 25.3 Å². The summed E-state index contributed by atoms with van der Waals surface area (Å²) in [5, 5.41) is 8.86. The molecule has 0 aromatic heterocycles. The molecule has 1 aromatic carbocycles. The monoisotopic (exact) mass is 245 g/mol. The van der Waals surface area contributed by atoms with E-state index in [0.29, 0.717) is 0 Å². The minimum atomic E-state index is -3.42. The third-order valence-corrected chi connectivity index (χ3v) is 2.34. The Morgan fingerprint density at radius 3 is 2.50 bits per heavy atom. The van der Waals surface area contributed by atoms with Gasteiger partial charge in [-0.05, 0) is 18.2 Å². The van der Waals surface area contributed by atoms with Crippen LogP contribution in [0.25, 0.3) is 0 Å². The number of rotatable bonds is 4. The van der Waals surface area contributed by atoms with Gasteiger partial charge in [0.25, 0.3) is 0 Å². The fourth-order valence-electron chi connectivity index (χ4n) is 1.15. The molecule has 0 aliphatic rings. The van der Waals surface area contributed by atoms with Crippen LogP contribution in [0.5, 0.6) is 5.75 Å². The Hall–Kier alpha value is -1.76. The first-order valence-corrected chi connectivity index (χ1v) is 6.12. The zero-order valence-electron chi connectivity index (χ0n) is 8.72. The largest absolute Gasteiger partial charge is 0.496 e. The number of carboxylic acid groups (broad SMARTS) is 1. The van der Waals surface area contributed by atoms with Gasteiger partial charge in [0.05, 0.1) is 13.4 Å². The zero-order valence-corrected chi connectivity index (χ0v) is 9.54. The predicted molar refractivity (Wildman–Crippen MR) is 58.4 cm³/mol. The van der Waals surface area contributed by atoms with Gasteiger partial charge < -0.3 is 9.84 Å². The van der Waals surface area contributed by atoms with Gasteiger partial charge >= 0.3 is 5.97 Å². The molecule has 0 bridgehead atoms. The number of nitrogens with one attached hydrogen (secondary N) is 1. The lowest BCUT2D eigenvalue weighted by atomic mass is 10.2. The molecule has 0 fully saturated rings. The third-order valence-electron chi connectivity index (χ3n) is 1.73. The van der Waals surface area contributed by atoms with Crippen LogP contribution in [0, 0.1) is 0 Å². The molecule has 0 amide bonds. The van der Waals surface area contributed by atoms with E-state index < -0.39 is 16.0 Å². The van der Waals surface area contributed by atoms with Crippen molar-refractivity contribution < 1.29 is 23.1 Å². The summed E-state index contributed by atoms with van der Waals surface area (Å²) in [4.78, 5) is 10.8. The molecule has 1 rings (SSSR count). The quantitative estimate of drug-likeness (QED) is 0.817. The maximum Gasteiger partial charge on any atom is 0.339 e. The highest BCUT2D eigenvalue weighted by molar-refractivity contribution is 7.92. The van der Waals surface area contributed by atoms with E-state index in [2.05, 4.69) is 4.72 Å². The Morgan fingerprint density at radius 2 is 2.06 bits per heavy atom. The number of benzene rings is 1. The first kappa shape index (κ1) is 12.3. The second-order valence-electron chi connectivity index (χ2n) is 3.09. The van der Waals surface area contributed by atoms with Gasteiger partial charge in [-0.1, -0.05) is 0 Å². The van der Waals surface area contributed by atoms with Crippen molar-refractivity contribution in [3.8, 4) is 5.75 Å². The average Bonchev–Trinajstić information content (AvgIpc) is 2.15. The molecular formula is C9H11NO5S. The van der Waals surface area contributed by atoms with Crippen LogP contribution in [0.4, 0.5) is 5.69 Å². The van der Waals surface area contributed by atoms with Gasteiger partial charge in [0, 0.05) is 5.69 Å². The number of hydrogen-bond donors (Lipinski definition) is 2. The Balaban J connectivity index is 3.17. The molecule has 0 aliphatic carbocycles. The Kier molecular flexibility index (Phi) is 3.38. The van der Waals surface area contributed by atoms with Crippen LogP contribution in [-0.2, 0) is 10.0 Å². The van der Waals surface area contributed by atoms with E-state index in [4.69, 9.17) is 9.84 Å². The molecule has 0 atom stereocenters. The van der Waals surface area contributed by atoms with Crippen molar-refractivity contribution in [2.75, 3.05) is 18.1 Å². The highest BCUT2D eigenvalue weighted by Crippen LogP contribution is 2.22. The van der Waals surface area contributed by atoms with Crippen LogP contribution in [0.3, 0.4) is 0 Å². The number of anilines is 1. The van der Waals surface area contributed by atoms with Crippen molar-refractivity contribution in [3.63, 3.8) is 0 Å². The van der Waals surface area contributed by atoms with Crippen molar-refractivity contribution >= 4 is 21.7 Å². The molecule has 0 saturated carbocycles. The number of hydrogen-bond acceptors (Lipinski definition) is 4. The fourth-order valence-corrected chi connectivity index (χ4v) is 1.71. The van der Waals surface area contributed by atoms with Crippen LogP contribution in [0.1, 0.15) is 10.4 Å². The topological polar surface area (TPSA) is 92.7 Å². The molecule has 2 N–H and O–H groups in total. The number of carbonyl (C=O) groups is 1. The van der Waals surface area contributed by atoms with Crippen LogP contribution in [-0.4, -0.2) is 32.9 Å². The second kappa shape index (κ2) is 4.40. The van der Waals surface area contributed by atoms with E-state index in [9.17, 15) is 13.2 Å². The van der Waals surface area contributed by atoms with Crippen LogP contribution >= 0.6 is 0 Å². The smallest absolute Gasteiger partial charge is 0.339 e. The number of sulfonamides is 1. The zero-order chi connectivity index (χ0) is 12.3. The van der Waals surface area contributed by atoms with Gasteiger partial charge in [-0.15, -0.1) is 0 Å². The maximum atomic E-state index is 10.9. The summed E-state index contributed by atoms with van der Waals surface area (Å²) in [7, 11) is -2.08. The summed E-state index contributed by atoms with van der Waals surface area (Å²) in [6.45, 7) is 0. The lowest BCUT2D eigenvalue weighted by molar-refractivity contribution is 0.0693. The Morgan fingerprint density at radius 1 is 1.44 bits per heavy atom. The van der Waals surface area contributed by atoms with Crippen molar-refractivity contribution in [2.45, 2.75) is 0 Å². The Labute approximate surface area is 92.9 Å². The average molecular weight is 245 g/mol. The van der Waals surface area contributed by atoms with E-state index in [0.717, 1.165) is 6.26 Å². The fraction of sp³-hybridized carbons (Fsp3) is 0.222. The van der Waals surface area contributed by atoms with E-state index in [1.54, 1.807) is 0 Å². The second-order valence-corrected chi connectivity index (χ2v) is 4.84. The van der Waals surface area contributed by atoms with Crippen molar-refractivity contribution in [1.29, 1.82) is 0 Å². The molecule has 7 heteroatoms. The first-order valence-electron chi connectivity index (χ1n) is 4.22. The number of ether oxygens (including phenoxy) is 1. The van der Waals surface area contributed by atoms with Crippen LogP contribution < -0.4 is 9.46 Å². The molecule has 0 aliphatic heterocycles. The molecule has 0 radical (unpaired) electrons. The Bertz CT molecular complexity index is 509. The molecule has 0 saturated heterocycles. The number of aromatic carboxylic acids is 1. The van der Waals surface area contributed by atoms with Crippen molar-refractivity contribution in [1.82, 2.24) is 0 Å². The van der Waals surface area contributed by atoms with E-state index in [-0.39, 0.29) is 17.0 Å². The standard InChI is InChI=1S/C9H11NO5S/c1-15-8-4-3-6(10-16(2,13)14)5-7(8)9(11)12/h3-5,10H,1-2H3,(H,11,12). The van der Waals surface area contributed by atoms with Gasteiger partial charge in [0.1, 0.15) is 11.3 Å². The molecule has 1 aromatic rings. The number of carboxylic acids is 1. The lowest BCUT2D eigenvalue weighted by Gasteiger charge is -2.08.